The lowest BCUT2D eigenvalue weighted by atomic mass is 9.85. The number of imide groups is 1. The molecule has 2 amide bonds. The standard InChI is InChI=1S/C18H13NO4/c20-14-6-3-9-8-12(4-5-13(9)23-14)19-17(21)15-10-1-2-11(7-10)16(15)18(19)22/h1-6,8,10-11,15-16H,7H2/t10-,11+,15-,16+. The highest BCUT2D eigenvalue weighted by atomic mass is 16.4. The lowest BCUT2D eigenvalue weighted by Crippen LogP contribution is -2.32. The predicted molar refractivity (Wildman–Crippen MR) is 82.7 cm³/mol. The minimum atomic E-state index is -0.421. The van der Waals surface area contributed by atoms with E-state index in [0.717, 1.165) is 6.42 Å². The molecule has 2 aliphatic carbocycles. The number of hydrogen-bond donors (Lipinski definition) is 0. The Morgan fingerprint density at radius 2 is 1.61 bits per heavy atom. The molecule has 5 nitrogen and oxygen atoms in total. The molecular weight excluding hydrogens is 294 g/mol. The first kappa shape index (κ1) is 12.8. The Bertz CT molecular complexity index is 927. The normalized spacial score (nSPS) is 31.4. The first-order valence-electron chi connectivity index (χ1n) is 7.73. The van der Waals surface area contributed by atoms with Gasteiger partial charge in [-0.05, 0) is 42.5 Å². The Labute approximate surface area is 131 Å². The number of nitrogens with zero attached hydrogens (tertiary/aromatic N) is 1. The van der Waals surface area contributed by atoms with E-state index in [1.54, 1.807) is 24.3 Å². The molecule has 2 bridgehead atoms. The average Bonchev–Trinajstić information content (AvgIpc) is 3.21. The molecule has 1 aromatic heterocycles. The summed E-state index contributed by atoms with van der Waals surface area (Å²) in [6.07, 6.45) is 5.08. The van der Waals surface area contributed by atoms with Gasteiger partial charge in [-0.3, -0.25) is 9.59 Å². The minimum Gasteiger partial charge on any atom is -0.423 e. The van der Waals surface area contributed by atoms with Crippen LogP contribution in [-0.4, -0.2) is 11.8 Å². The maximum atomic E-state index is 12.8. The van der Waals surface area contributed by atoms with Crippen LogP contribution in [0, 0.1) is 23.7 Å². The Morgan fingerprint density at radius 1 is 0.913 bits per heavy atom. The van der Waals surface area contributed by atoms with Crippen LogP contribution >= 0.6 is 0 Å². The number of fused-ring (bicyclic) bond motifs is 6. The van der Waals surface area contributed by atoms with E-state index in [4.69, 9.17) is 4.42 Å². The maximum Gasteiger partial charge on any atom is 0.336 e. The molecule has 0 spiro atoms. The number of benzene rings is 1. The van der Waals surface area contributed by atoms with Crippen molar-refractivity contribution in [3.63, 3.8) is 0 Å². The summed E-state index contributed by atoms with van der Waals surface area (Å²) < 4.78 is 5.10. The second-order valence-electron chi connectivity index (χ2n) is 6.49. The molecule has 23 heavy (non-hydrogen) atoms. The molecule has 1 saturated heterocycles. The largest absolute Gasteiger partial charge is 0.423 e. The van der Waals surface area contributed by atoms with Crippen LogP contribution in [0.3, 0.4) is 0 Å². The molecule has 5 rings (SSSR count). The van der Waals surface area contributed by atoms with Crippen molar-refractivity contribution < 1.29 is 14.0 Å². The summed E-state index contributed by atoms with van der Waals surface area (Å²) in [4.78, 5) is 38.1. The molecular formula is C18H13NO4. The van der Waals surface area contributed by atoms with Gasteiger partial charge in [-0.25, -0.2) is 9.69 Å². The van der Waals surface area contributed by atoms with Gasteiger partial charge in [0.2, 0.25) is 11.8 Å². The molecule has 0 unspecified atom stereocenters. The molecule has 4 atom stereocenters. The number of hydrogen-bond acceptors (Lipinski definition) is 4. The fourth-order valence-electron chi connectivity index (χ4n) is 4.36. The van der Waals surface area contributed by atoms with Gasteiger partial charge in [-0.15, -0.1) is 0 Å². The summed E-state index contributed by atoms with van der Waals surface area (Å²) in [6, 6.07) is 8.00. The second-order valence-corrected chi connectivity index (χ2v) is 6.49. The number of amides is 2. The number of carbonyl (C=O) groups excluding carboxylic acids is 2. The van der Waals surface area contributed by atoms with Crippen molar-refractivity contribution >= 4 is 28.5 Å². The minimum absolute atomic E-state index is 0.103. The zero-order valence-electron chi connectivity index (χ0n) is 12.1. The van der Waals surface area contributed by atoms with Crippen molar-refractivity contribution in [1.82, 2.24) is 0 Å². The van der Waals surface area contributed by atoms with Crippen LogP contribution in [-0.2, 0) is 9.59 Å². The van der Waals surface area contributed by atoms with Crippen molar-refractivity contribution in [3.05, 3.63) is 52.9 Å². The molecule has 0 radical (unpaired) electrons. The molecule has 2 aromatic rings. The second kappa shape index (κ2) is 4.19. The molecule has 114 valence electrons. The van der Waals surface area contributed by atoms with Crippen molar-refractivity contribution in [3.8, 4) is 0 Å². The summed E-state index contributed by atoms with van der Waals surface area (Å²) >= 11 is 0. The van der Waals surface area contributed by atoms with Crippen molar-refractivity contribution in [2.45, 2.75) is 6.42 Å². The van der Waals surface area contributed by atoms with Gasteiger partial charge in [-0.1, -0.05) is 12.2 Å². The third-order valence-electron chi connectivity index (χ3n) is 5.33. The zero-order valence-corrected chi connectivity index (χ0v) is 12.1. The van der Waals surface area contributed by atoms with Crippen LogP contribution in [0.25, 0.3) is 11.0 Å². The lowest BCUT2D eigenvalue weighted by molar-refractivity contribution is -0.123. The van der Waals surface area contributed by atoms with Gasteiger partial charge in [0.05, 0.1) is 17.5 Å². The van der Waals surface area contributed by atoms with Crippen molar-refractivity contribution in [1.29, 1.82) is 0 Å². The van der Waals surface area contributed by atoms with E-state index in [-0.39, 0.29) is 35.5 Å². The van der Waals surface area contributed by atoms with Crippen LogP contribution in [0.15, 0.2) is 51.7 Å². The van der Waals surface area contributed by atoms with Crippen LogP contribution in [0.1, 0.15) is 6.42 Å². The van der Waals surface area contributed by atoms with Gasteiger partial charge in [0, 0.05) is 11.5 Å². The molecule has 1 aromatic carbocycles. The molecule has 1 aliphatic heterocycles. The molecule has 5 heteroatoms. The van der Waals surface area contributed by atoms with E-state index >= 15 is 0 Å². The van der Waals surface area contributed by atoms with E-state index < -0.39 is 5.63 Å². The number of allylic oxidation sites excluding steroid dienone is 2. The maximum absolute atomic E-state index is 12.8. The third-order valence-corrected chi connectivity index (χ3v) is 5.33. The number of anilines is 1. The summed E-state index contributed by atoms with van der Waals surface area (Å²) in [7, 11) is 0. The SMILES string of the molecule is O=C1[C@@H]2[C@H](C(=O)N1c1ccc3oc(=O)ccc3c1)[C@@H]1C=C[C@H]2C1. The van der Waals surface area contributed by atoms with Gasteiger partial charge in [-0.2, -0.15) is 0 Å². The topological polar surface area (TPSA) is 67.6 Å². The molecule has 3 aliphatic rings. The summed E-state index contributed by atoms with van der Waals surface area (Å²) in [5, 5.41) is 0.695. The van der Waals surface area contributed by atoms with E-state index in [9.17, 15) is 14.4 Å². The first-order valence-corrected chi connectivity index (χ1v) is 7.73. The van der Waals surface area contributed by atoms with Crippen molar-refractivity contribution in [2.24, 2.45) is 23.7 Å². The molecule has 1 saturated carbocycles. The predicted octanol–water partition coefficient (Wildman–Crippen LogP) is 2.10. The summed E-state index contributed by atoms with van der Waals surface area (Å²) in [5.74, 6) is -0.221. The number of carbonyl (C=O) groups is 2. The summed E-state index contributed by atoms with van der Waals surface area (Å²) in [6.45, 7) is 0. The summed E-state index contributed by atoms with van der Waals surface area (Å²) in [5.41, 5.74) is 0.577. The van der Waals surface area contributed by atoms with Crippen LogP contribution in [0.5, 0.6) is 0 Å². The van der Waals surface area contributed by atoms with Crippen LogP contribution < -0.4 is 10.5 Å². The highest BCUT2D eigenvalue weighted by Crippen LogP contribution is 2.53. The molecule has 2 heterocycles. The highest BCUT2D eigenvalue weighted by Gasteiger charge is 2.59. The fourth-order valence-corrected chi connectivity index (χ4v) is 4.36. The van der Waals surface area contributed by atoms with E-state index in [2.05, 4.69) is 12.2 Å². The van der Waals surface area contributed by atoms with Gasteiger partial charge in [0.1, 0.15) is 5.58 Å². The zero-order chi connectivity index (χ0) is 15.7. The molecule has 2 fully saturated rings. The quantitative estimate of drug-likeness (QED) is 0.460. The van der Waals surface area contributed by atoms with Gasteiger partial charge in [0.15, 0.2) is 0 Å². The Balaban J connectivity index is 1.60. The highest BCUT2D eigenvalue weighted by molar-refractivity contribution is 6.23. The Morgan fingerprint density at radius 3 is 2.30 bits per heavy atom. The van der Waals surface area contributed by atoms with Crippen LogP contribution in [0.4, 0.5) is 5.69 Å². The van der Waals surface area contributed by atoms with E-state index in [1.807, 2.05) is 0 Å². The fraction of sp³-hybridized carbons (Fsp3) is 0.278. The van der Waals surface area contributed by atoms with Crippen LogP contribution in [0.2, 0.25) is 0 Å². The first-order chi connectivity index (χ1) is 11.1. The third kappa shape index (κ3) is 1.59. The van der Waals surface area contributed by atoms with Crippen molar-refractivity contribution in [2.75, 3.05) is 4.90 Å². The average molecular weight is 307 g/mol. The Hall–Kier alpha value is -2.69. The smallest absolute Gasteiger partial charge is 0.336 e. The molecule has 0 N–H and O–H groups in total. The van der Waals surface area contributed by atoms with Gasteiger partial charge >= 0.3 is 5.63 Å². The number of rotatable bonds is 1. The monoisotopic (exact) mass is 307 g/mol. The van der Waals surface area contributed by atoms with Gasteiger partial charge < -0.3 is 4.42 Å². The van der Waals surface area contributed by atoms with Gasteiger partial charge in [0.25, 0.3) is 0 Å². The lowest BCUT2D eigenvalue weighted by Gasteiger charge is -2.17. The van der Waals surface area contributed by atoms with E-state index in [0.29, 0.717) is 16.7 Å². The Kier molecular flexibility index (Phi) is 2.33. The van der Waals surface area contributed by atoms with E-state index in [1.165, 1.54) is 11.0 Å².